The van der Waals surface area contributed by atoms with Gasteiger partial charge in [-0.2, -0.15) is 0 Å². The molecular formula is C17H16F2O3. The predicted molar refractivity (Wildman–Crippen MR) is 78.4 cm³/mol. The van der Waals surface area contributed by atoms with E-state index >= 15 is 0 Å². The Balaban J connectivity index is 2.35. The second kappa shape index (κ2) is 7.02. The molecule has 2 aromatic carbocycles. The van der Waals surface area contributed by atoms with E-state index in [0.717, 1.165) is 18.4 Å². The third kappa shape index (κ3) is 3.42. The Hall–Kier alpha value is -2.43. The second-order valence-electron chi connectivity index (χ2n) is 4.80. The maximum Gasteiger partial charge on any atom is 0.159 e. The van der Waals surface area contributed by atoms with Gasteiger partial charge in [0.15, 0.2) is 11.6 Å². The highest BCUT2D eigenvalue weighted by Crippen LogP contribution is 2.31. The number of methoxy groups -OCH3 is 2. The molecule has 0 spiro atoms. The maximum absolute atomic E-state index is 13.3. The van der Waals surface area contributed by atoms with Crippen molar-refractivity contribution in [3.8, 4) is 11.5 Å². The minimum atomic E-state index is -0.931. The largest absolute Gasteiger partial charge is 0.497 e. The summed E-state index contributed by atoms with van der Waals surface area (Å²) in [6.07, 6.45) is 1.00. The van der Waals surface area contributed by atoms with Crippen LogP contribution in [-0.4, -0.2) is 20.5 Å². The minimum absolute atomic E-state index is 0.240. The van der Waals surface area contributed by atoms with Gasteiger partial charge in [-0.3, -0.25) is 0 Å². The molecule has 1 unspecified atom stereocenters. The van der Waals surface area contributed by atoms with E-state index < -0.39 is 17.6 Å². The van der Waals surface area contributed by atoms with Crippen LogP contribution >= 0.6 is 0 Å². The maximum atomic E-state index is 13.3. The molecule has 3 nitrogen and oxygen atoms in total. The summed E-state index contributed by atoms with van der Waals surface area (Å²) >= 11 is 0. The smallest absolute Gasteiger partial charge is 0.159 e. The van der Waals surface area contributed by atoms with E-state index in [-0.39, 0.29) is 6.42 Å². The molecule has 0 bridgehead atoms. The van der Waals surface area contributed by atoms with Gasteiger partial charge >= 0.3 is 0 Å². The monoisotopic (exact) mass is 306 g/mol. The molecule has 116 valence electrons. The molecule has 2 aromatic rings. The lowest BCUT2D eigenvalue weighted by Crippen LogP contribution is -2.07. The summed E-state index contributed by atoms with van der Waals surface area (Å²) in [5.74, 6) is -1.26. The summed E-state index contributed by atoms with van der Waals surface area (Å²) in [5, 5.41) is 0. The van der Waals surface area contributed by atoms with E-state index in [2.05, 4.69) is 0 Å². The van der Waals surface area contributed by atoms with Crippen LogP contribution < -0.4 is 9.47 Å². The molecular weight excluding hydrogens is 290 g/mol. The third-order valence-corrected chi connectivity index (χ3v) is 3.44. The van der Waals surface area contributed by atoms with Gasteiger partial charge in [0.05, 0.1) is 14.2 Å². The molecule has 0 amide bonds. The average Bonchev–Trinajstić information content (AvgIpc) is 2.55. The SMILES string of the molecule is COc1ccc(OC)c(C(C=O)Cc2ccc(F)c(F)c2)c1. The van der Waals surface area contributed by atoms with Crippen molar-refractivity contribution < 1.29 is 23.0 Å². The number of hydrogen-bond donors (Lipinski definition) is 0. The standard InChI is InChI=1S/C17H16F2O3/c1-21-13-4-6-17(22-2)14(9-13)12(10-20)7-11-3-5-15(18)16(19)8-11/h3-6,8-10,12H,7H2,1-2H3. The van der Waals surface area contributed by atoms with E-state index in [9.17, 15) is 13.6 Å². The van der Waals surface area contributed by atoms with Crippen LogP contribution in [-0.2, 0) is 11.2 Å². The van der Waals surface area contributed by atoms with Gasteiger partial charge in [-0.25, -0.2) is 8.78 Å². The highest BCUT2D eigenvalue weighted by atomic mass is 19.2. The number of rotatable bonds is 6. The third-order valence-electron chi connectivity index (χ3n) is 3.44. The van der Waals surface area contributed by atoms with Crippen LogP contribution in [0.2, 0.25) is 0 Å². The molecule has 0 aliphatic carbocycles. The van der Waals surface area contributed by atoms with Crippen LogP contribution in [0.25, 0.3) is 0 Å². The van der Waals surface area contributed by atoms with Crippen LogP contribution in [0, 0.1) is 11.6 Å². The van der Waals surface area contributed by atoms with E-state index in [4.69, 9.17) is 9.47 Å². The molecule has 0 saturated heterocycles. The van der Waals surface area contributed by atoms with Gasteiger partial charge < -0.3 is 14.3 Å². The molecule has 22 heavy (non-hydrogen) atoms. The summed E-state index contributed by atoms with van der Waals surface area (Å²) in [7, 11) is 3.03. The number of carbonyl (C=O) groups excluding carboxylic acids is 1. The van der Waals surface area contributed by atoms with Crippen LogP contribution in [0.15, 0.2) is 36.4 Å². The Morgan fingerprint density at radius 2 is 1.82 bits per heavy atom. The van der Waals surface area contributed by atoms with Crippen molar-refractivity contribution in [3.05, 3.63) is 59.2 Å². The number of carbonyl (C=O) groups is 1. The van der Waals surface area contributed by atoms with Crippen LogP contribution in [0.5, 0.6) is 11.5 Å². The highest BCUT2D eigenvalue weighted by Gasteiger charge is 2.18. The molecule has 0 N–H and O–H groups in total. The van der Waals surface area contributed by atoms with E-state index in [1.165, 1.54) is 20.3 Å². The Labute approximate surface area is 127 Å². The molecule has 0 aliphatic heterocycles. The number of aldehydes is 1. The summed E-state index contributed by atoms with van der Waals surface area (Å²) in [5.41, 5.74) is 1.17. The van der Waals surface area contributed by atoms with Crippen molar-refractivity contribution in [1.82, 2.24) is 0 Å². The van der Waals surface area contributed by atoms with Crippen molar-refractivity contribution in [3.63, 3.8) is 0 Å². The van der Waals surface area contributed by atoms with Gasteiger partial charge in [0.25, 0.3) is 0 Å². The average molecular weight is 306 g/mol. The fraction of sp³-hybridized carbons (Fsp3) is 0.235. The quantitative estimate of drug-likeness (QED) is 0.766. The Morgan fingerprint density at radius 3 is 2.41 bits per heavy atom. The van der Waals surface area contributed by atoms with Crippen molar-refractivity contribution >= 4 is 6.29 Å². The molecule has 2 rings (SSSR count). The van der Waals surface area contributed by atoms with E-state index in [1.54, 1.807) is 18.2 Å². The Bertz CT molecular complexity index is 671. The van der Waals surface area contributed by atoms with Crippen LogP contribution in [0.4, 0.5) is 8.78 Å². The molecule has 0 heterocycles. The van der Waals surface area contributed by atoms with Gasteiger partial charge in [0, 0.05) is 11.5 Å². The van der Waals surface area contributed by atoms with Crippen LogP contribution in [0.1, 0.15) is 17.0 Å². The zero-order valence-corrected chi connectivity index (χ0v) is 12.3. The van der Waals surface area contributed by atoms with Gasteiger partial charge in [0.1, 0.15) is 17.8 Å². The van der Waals surface area contributed by atoms with Gasteiger partial charge in [0.2, 0.25) is 0 Å². The molecule has 5 heteroatoms. The normalized spacial score (nSPS) is 11.8. The summed E-state index contributed by atoms with van der Waals surface area (Å²) < 4.78 is 36.7. The van der Waals surface area contributed by atoms with Gasteiger partial charge in [-0.15, -0.1) is 0 Å². The summed E-state index contributed by atoms with van der Waals surface area (Å²) in [6.45, 7) is 0. The van der Waals surface area contributed by atoms with Crippen molar-refractivity contribution in [2.75, 3.05) is 14.2 Å². The predicted octanol–water partition coefficient (Wildman–Crippen LogP) is 3.51. The number of ether oxygens (including phenoxy) is 2. The Morgan fingerprint density at radius 1 is 1.05 bits per heavy atom. The first-order chi connectivity index (χ1) is 10.6. The second-order valence-corrected chi connectivity index (χ2v) is 4.80. The molecule has 1 atom stereocenters. The number of halogens is 2. The highest BCUT2D eigenvalue weighted by molar-refractivity contribution is 5.66. The van der Waals surface area contributed by atoms with Crippen LogP contribution in [0.3, 0.4) is 0 Å². The van der Waals surface area contributed by atoms with Crippen molar-refractivity contribution in [2.24, 2.45) is 0 Å². The minimum Gasteiger partial charge on any atom is -0.497 e. The van der Waals surface area contributed by atoms with E-state index in [0.29, 0.717) is 22.6 Å². The summed E-state index contributed by atoms with van der Waals surface area (Å²) in [6, 6.07) is 8.74. The topological polar surface area (TPSA) is 35.5 Å². The first-order valence-electron chi connectivity index (χ1n) is 6.70. The molecule has 0 saturated carbocycles. The lowest BCUT2D eigenvalue weighted by atomic mass is 9.92. The van der Waals surface area contributed by atoms with E-state index in [1.807, 2.05) is 0 Å². The molecule has 0 fully saturated rings. The number of benzene rings is 2. The molecule has 0 aliphatic rings. The van der Waals surface area contributed by atoms with Crippen molar-refractivity contribution in [1.29, 1.82) is 0 Å². The fourth-order valence-corrected chi connectivity index (χ4v) is 2.28. The van der Waals surface area contributed by atoms with Gasteiger partial charge in [-0.1, -0.05) is 6.07 Å². The zero-order chi connectivity index (χ0) is 16.1. The first-order valence-corrected chi connectivity index (χ1v) is 6.70. The fourth-order valence-electron chi connectivity index (χ4n) is 2.28. The lowest BCUT2D eigenvalue weighted by Gasteiger charge is -2.16. The van der Waals surface area contributed by atoms with Crippen molar-refractivity contribution in [2.45, 2.75) is 12.3 Å². The molecule has 0 aromatic heterocycles. The summed E-state index contributed by atoms with van der Waals surface area (Å²) in [4.78, 5) is 11.5. The molecule has 0 radical (unpaired) electrons. The zero-order valence-electron chi connectivity index (χ0n) is 12.3. The Kier molecular flexibility index (Phi) is 5.09. The first kappa shape index (κ1) is 15.9. The van der Waals surface area contributed by atoms with Gasteiger partial charge in [-0.05, 0) is 42.3 Å². The number of hydrogen-bond acceptors (Lipinski definition) is 3. The lowest BCUT2D eigenvalue weighted by molar-refractivity contribution is -0.109.